The van der Waals surface area contributed by atoms with Crippen LogP contribution in [-0.4, -0.2) is 61.8 Å². The van der Waals surface area contributed by atoms with Crippen molar-refractivity contribution >= 4 is 0 Å². The zero-order valence-corrected chi connectivity index (χ0v) is 20.6. The molecule has 6 heteroatoms. The van der Waals surface area contributed by atoms with Crippen molar-refractivity contribution in [2.45, 2.75) is 76.4 Å². The summed E-state index contributed by atoms with van der Waals surface area (Å²) in [4.78, 5) is 0. The summed E-state index contributed by atoms with van der Waals surface area (Å²) in [6, 6.07) is 7.31. The predicted octanol–water partition coefficient (Wildman–Crippen LogP) is 4.13. The number of allylic oxidation sites excluding steroid dienone is 2. The maximum absolute atomic E-state index is 10.1. The summed E-state index contributed by atoms with van der Waals surface area (Å²) in [5.74, 6) is 1.39. The van der Waals surface area contributed by atoms with Crippen molar-refractivity contribution in [1.82, 2.24) is 10.6 Å². The van der Waals surface area contributed by atoms with Gasteiger partial charge >= 0.3 is 0 Å². The zero-order valence-electron chi connectivity index (χ0n) is 20.6. The lowest BCUT2D eigenvalue weighted by Crippen LogP contribution is -2.32. The van der Waals surface area contributed by atoms with Crippen LogP contribution >= 0.6 is 0 Å². The van der Waals surface area contributed by atoms with Gasteiger partial charge in [0.25, 0.3) is 0 Å². The van der Waals surface area contributed by atoms with E-state index in [1.165, 1.54) is 51.4 Å². The Labute approximate surface area is 205 Å². The van der Waals surface area contributed by atoms with Crippen LogP contribution in [0.3, 0.4) is 0 Å². The number of hydrogen-bond donors (Lipinski definition) is 4. The second-order valence-corrected chi connectivity index (χ2v) is 9.53. The van der Waals surface area contributed by atoms with E-state index < -0.39 is 12.2 Å². The first-order valence-electron chi connectivity index (χ1n) is 13.2. The molecule has 34 heavy (non-hydrogen) atoms. The van der Waals surface area contributed by atoms with E-state index in [9.17, 15) is 10.2 Å². The third kappa shape index (κ3) is 11.0. The summed E-state index contributed by atoms with van der Waals surface area (Å²) in [5.41, 5.74) is 3.09. The third-order valence-corrected chi connectivity index (χ3v) is 6.48. The number of hydrogen-bond acceptors (Lipinski definition) is 6. The maximum atomic E-state index is 10.1. The average Bonchev–Trinajstić information content (AvgIpc) is 2.88. The van der Waals surface area contributed by atoms with Crippen LogP contribution in [0.5, 0.6) is 11.5 Å². The zero-order chi connectivity index (χ0) is 23.8. The molecule has 0 saturated carbocycles. The molecule has 0 bridgehead atoms. The molecule has 190 valence electrons. The first kappa shape index (κ1) is 26.7. The van der Waals surface area contributed by atoms with Crippen LogP contribution in [0.1, 0.15) is 64.2 Å². The molecule has 0 amide bonds. The van der Waals surface area contributed by atoms with E-state index >= 15 is 0 Å². The van der Waals surface area contributed by atoms with E-state index in [2.05, 4.69) is 22.8 Å². The SMILES string of the molecule is OC(CNCCC1=CCCCC1)COc1ccc(OCC(O)CNCCC2=CCCCC2)cc1. The van der Waals surface area contributed by atoms with Crippen molar-refractivity contribution in [2.24, 2.45) is 0 Å². The number of rotatable bonds is 16. The highest BCUT2D eigenvalue weighted by molar-refractivity contribution is 5.31. The molecule has 0 radical (unpaired) electrons. The molecule has 0 aliphatic heterocycles. The lowest BCUT2D eigenvalue weighted by atomic mass is 9.97. The normalized spacial score (nSPS) is 18.1. The Morgan fingerprint density at radius 1 is 0.676 bits per heavy atom. The molecule has 6 nitrogen and oxygen atoms in total. The number of ether oxygens (including phenoxy) is 2. The van der Waals surface area contributed by atoms with Gasteiger partial charge in [-0.05, 0) is 102 Å². The minimum absolute atomic E-state index is 0.247. The minimum atomic E-state index is -0.548. The summed E-state index contributed by atoms with van der Waals surface area (Å²) in [6.07, 6.45) is 15.9. The number of benzene rings is 1. The smallest absolute Gasteiger partial charge is 0.119 e. The molecule has 0 heterocycles. The Morgan fingerprint density at radius 3 is 1.50 bits per heavy atom. The molecule has 2 aliphatic carbocycles. The Balaban J connectivity index is 1.21. The van der Waals surface area contributed by atoms with Gasteiger partial charge in [0.15, 0.2) is 0 Å². The van der Waals surface area contributed by atoms with Gasteiger partial charge in [-0.2, -0.15) is 0 Å². The molecule has 2 aliphatic rings. The Hall–Kier alpha value is -1.86. The first-order valence-corrected chi connectivity index (χ1v) is 13.2. The highest BCUT2D eigenvalue weighted by atomic mass is 16.5. The highest BCUT2D eigenvalue weighted by Crippen LogP contribution is 2.20. The fourth-order valence-electron chi connectivity index (χ4n) is 4.43. The van der Waals surface area contributed by atoms with Crippen molar-refractivity contribution < 1.29 is 19.7 Å². The standard InChI is InChI=1S/C28H44N2O4/c31-25(19-29-17-15-23-7-3-1-4-8-23)21-33-27-11-13-28(14-12-27)34-22-26(32)20-30-18-16-24-9-5-2-6-10-24/h7,9,11-14,25-26,29-32H,1-6,8,10,15-22H2. The largest absolute Gasteiger partial charge is 0.491 e. The second-order valence-electron chi connectivity index (χ2n) is 9.53. The van der Waals surface area contributed by atoms with Crippen LogP contribution < -0.4 is 20.1 Å². The van der Waals surface area contributed by atoms with Gasteiger partial charge in [-0.15, -0.1) is 0 Å². The summed E-state index contributed by atoms with van der Waals surface area (Å²) in [5, 5.41) is 26.9. The Morgan fingerprint density at radius 2 is 1.12 bits per heavy atom. The maximum Gasteiger partial charge on any atom is 0.119 e. The summed E-state index contributed by atoms with van der Waals surface area (Å²) in [6.45, 7) is 3.34. The molecular formula is C28H44N2O4. The van der Waals surface area contributed by atoms with Gasteiger partial charge in [0.2, 0.25) is 0 Å². The fourth-order valence-corrected chi connectivity index (χ4v) is 4.43. The van der Waals surface area contributed by atoms with Gasteiger partial charge in [-0.1, -0.05) is 23.3 Å². The molecule has 0 fully saturated rings. The van der Waals surface area contributed by atoms with Gasteiger partial charge in [0.1, 0.15) is 36.9 Å². The first-order chi connectivity index (χ1) is 16.7. The van der Waals surface area contributed by atoms with E-state index in [-0.39, 0.29) is 13.2 Å². The van der Waals surface area contributed by atoms with Gasteiger partial charge in [-0.3, -0.25) is 0 Å². The number of aliphatic hydroxyl groups is 2. The molecule has 1 aromatic rings. The fraction of sp³-hybridized carbons (Fsp3) is 0.643. The van der Waals surface area contributed by atoms with E-state index in [1.54, 1.807) is 11.1 Å². The van der Waals surface area contributed by atoms with Crippen LogP contribution in [0.2, 0.25) is 0 Å². The molecular weight excluding hydrogens is 428 g/mol. The summed E-state index contributed by atoms with van der Waals surface area (Å²) < 4.78 is 11.4. The van der Waals surface area contributed by atoms with Crippen molar-refractivity contribution in [2.75, 3.05) is 39.4 Å². The van der Waals surface area contributed by atoms with Gasteiger partial charge in [0, 0.05) is 13.1 Å². The highest BCUT2D eigenvalue weighted by Gasteiger charge is 2.09. The topological polar surface area (TPSA) is 83.0 Å². The van der Waals surface area contributed by atoms with E-state index in [0.29, 0.717) is 24.6 Å². The van der Waals surface area contributed by atoms with Crippen LogP contribution in [0, 0.1) is 0 Å². The molecule has 0 aromatic heterocycles. The Kier molecular flexibility index (Phi) is 12.5. The van der Waals surface area contributed by atoms with Crippen molar-refractivity contribution in [3.63, 3.8) is 0 Å². The minimum Gasteiger partial charge on any atom is -0.491 e. The number of nitrogens with one attached hydrogen (secondary N) is 2. The Bertz CT molecular complexity index is 684. The van der Waals surface area contributed by atoms with E-state index in [4.69, 9.17) is 9.47 Å². The number of aliphatic hydroxyl groups excluding tert-OH is 2. The monoisotopic (exact) mass is 472 g/mol. The second kappa shape index (κ2) is 15.9. The van der Waals surface area contributed by atoms with Crippen molar-refractivity contribution in [1.29, 1.82) is 0 Å². The average molecular weight is 473 g/mol. The van der Waals surface area contributed by atoms with E-state index in [0.717, 1.165) is 25.9 Å². The van der Waals surface area contributed by atoms with Gasteiger partial charge in [0.05, 0.1) is 0 Å². The quantitative estimate of drug-likeness (QED) is 0.214. The molecule has 2 atom stereocenters. The molecule has 4 N–H and O–H groups in total. The molecule has 2 unspecified atom stereocenters. The molecule has 0 saturated heterocycles. The van der Waals surface area contributed by atoms with Crippen LogP contribution in [0.4, 0.5) is 0 Å². The predicted molar refractivity (Wildman–Crippen MR) is 138 cm³/mol. The van der Waals surface area contributed by atoms with Crippen LogP contribution in [0.15, 0.2) is 47.6 Å². The molecule has 1 aromatic carbocycles. The third-order valence-electron chi connectivity index (χ3n) is 6.48. The van der Waals surface area contributed by atoms with Crippen LogP contribution in [-0.2, 0) is 0 Å². The van der Waals surface area contributed by atoms with Gasteiger partial charge < -0.3 is 30.3 Å². The summed E-state index contributed by atoms with van der Waals surface area (Å²) >= 11 is 0. The molecule has 0 spiro atoms. The molecule has 3 rings (SSSR count). The van der Waals surface area contributed by atoms with Crippen molar-refractivity contribution in [3.05, 3.63) is 47.6 Å². The summed E-state index contributed by atoms with van der Waals surface area (Å²) in [7, 11) is 0. The van der Waals surface area contributed by atoms with Crippen molar-refractivity contribution in [3.8, 4) is 11.5 Å². The van der Waals surface area contributed by atoms with Gasteiger partial charge in [-0.25, -0.2) is 0 Å². The van der Waals surface area contributed by atoms with Crippen LogP contribution in [0.25, 0.3) is 0 Å². The lowest BCUT2D eigenvalue weighted by Gasteiger charge is -2.16. The lowest BCUT2D eigenvalue weighted by molar-refractivity contribution is 0.104. The van der Waals surface area contributed by atoms with E-state index in [1.807, 2.05) is 24.3 Å².